The second-order valence-corrected chi connectivity index (χ2v) is 3.91. The third-order valence-electron chi connectivity index (χ3n) is 2.71. The van der Waals surface area contributed by atoms with Crippen molar-refractivity contribution < 1.29 is 14.7 Å². The van der Waals surface area contributed by atoms with E-state index in [9.17, 15) is 9.59 Å². The van der Waals surface area contributed by atoms with Gasteiger partial charge in [-0.05, 0) is 25.0 Å². The number of nitrogens with zero attached hydrogens (tertiary/aromatic N) is 1. The Morgan fingerprint density at radius 3 is 2.59 bits per heavy atom. The number of carboxylic acids is 1. The molecular formula is C12H18N2O3. The monoisotopic (exact) mass is 238 g/mol. The fourth-order valence-electron chi connectivity index (χ4n) is 1.67. The summed E-state index contributed by atoms with van der Waals surface area (Å²) < 4.78 is 1.43. The Bertz CT molecular complexity index is 394. The molecule has 0 saturated heterocycles. The van der Waals surface area contributed by atoms with Crippen molar-refractivity contribution >= 4 is 11.9 Å². The molecule has 0 aliphatic rings. The van der Waals surface area contributed by atoms with E-state index in [4.69, 9.17) is 5.11 Å². The van der Waals surface area contributed by atoms with E-state index in [1.165, 1.54) is 10.6 Å². The summed E-state index contributed by atoms with van der Waals surface area (Å²) in [6.45, 7) is 4.06. The number of rotatable bonds is 6. The summed E-state index contributed by atoms with van der Waals surface area (Å²) in [6.07, 6.45) is 3.34. The first-order chi connectivity index (χ1) is 8.08. The lowest BCUT2D eigenvalue weighted by Crippen LogP contribution is -2.36. The molecule has 1 heterocycles. The van der Waals surface area contributed by atoms with E-state index in [1.54, 1.807) is 12.3 Å². The van der Waals surface area contributed by atoms with Gasteiger partial charge < -0.3 is 15.0 Å². The summed E-state index contributed by atoms with van der Waals surface area (Å²) in [5.41, 5.74) is 0.129. The van der Waals surface area contributed by atoms with Gasteiger partial charge in [0.2, 0.25) is 5.91 Å². The minimum absolute atomic E-state index is 0.0468. The van der Waals surface area contributed by atoms with Crippen molar-refractivity contribution in [2.24, 2.45) is 0 Å². The van der Waals surface area contributed by atoms with E-state index in [0.29, 0.717) is 0 Å². The summed E-state index contributed by atoms with van der Waals surface area (Å²) in [7, 11) is 0. The Morgan fingerprint density at radius 1 is 1.41 bits per heavy atom. The molecule has 17 heavy (non-hydrogen) atoms. The van der Waals surface area contributed by atoms with Crippen LogP contribution in [0.4, 0.5) is 0 Å². The van der Waals surface area contributed by atoms with Crippen LogP contribution in [0.2, 0.25) is 0 Å². The van der Waals surface area contributed by atoms with Gasteiger partial charge in [0.1, 0.15) is 12.2 Å². The average Bonchev–Trinajstić information content (AvgIpc) is 2.74. The molecule has 1 amide bonds. The van der Waals surface area contributed by atoms with Gasteiger partial charge in [0.15, 0.2) is 0 Å². The van der Waals surface area contributed by atoms with Gasteiger partial charge in [-0.2, -0.15) is 0 Å². The molecule has 0 bridgehead atoms. The lowest BCUT2D eigenvalue weighted by atomic mass is 10.2. The topological polar surface area (TPSA) is 71.3 Å². The van der Waals surface area contributed by atoms with Crippen LogP contribution in [0.1, 0.15) is 37.2 Å². The van der Waals surface area contributed by atoms with E-state index in [1.807, 2.05) is 13.8 Å². The zero-order chi connectivity index (χ0) is 12.8. The Labute approximate surface area is 100 Å². The third-order valence-corrected chi connectivity index (χ3v) is 2.71. The number of aromatic nitrogens is 1. The zero-order valence-corrected chi connectivity index (χ0v) is 10.1. The fraction of sp³-hybridized carbons (Fsp3) is 0.500. The van der Waals surface area contributed by atoms with Gasteiger partial charge in [-0.15, -0.1) is 0 Å². The maximum Gasteiger partial charge on any atom is 0.352 e. The number of carbonyl (C=O) groups is 2. The molecule has 0 aliphatic heterocycles. The molecule has 5 heteroatoms. The third kappa shape index (κ3) is 3.62. The number of nitrogens with one attached hydrogen (secondary N) is 1. The van der Waals surface area contributed by atoms with Crippen LogP contribution in [0, 0.1) is 0 Å². The number of aromatic carboxylic acids is 1. The van der Waals surface area contributed by atoms with Crippen LogP contribution < -0.4 is 5.32 Å². The molecule has 0 aromatic carbocycles. The molecule has 0 radical (unpaired) electrons. The molecule has 0 atom stereocenters. The zero-order valence-electron chi connectivity index (χ0n) is 10.1. The highest BCUT2D eigenvalue weighted by molar-refractivity contribution is 5.86. The van der Waals surface area contributed by atoms with Gasteiger partial charge in [0.25, 0.3) is 0 Å². The Kier molecular flexibility index (Phi) is 4.75. The van der Waals surface area contributed by atoms with Crippen molar-refractivity contribution in [3.8, 4) is 0 Å². The van der Waals surface area contributed by atoms with Gasteiger partial charge in [-0.3, -0.25) is 4.79 Å². The number of hydrogen-bond acceptors (Lipinski definition) is 2. The number of amides is 1. The Hall–Kier alpha value is -1.78. The minimum atomic E-state index is -1.02. The molecule has 5 nitrogen and oxygen atoms in total. The lowest BCUT2D eigenvalue weighted by molar-refractivity contribution is -0.122. The van der Waals surface area contributed by atoms with Gasteiger partial charge in [-0.1, -0.05) is 13.8 Å². The molecule has 1 aromatic heterocycles. The van der Waals surface area contributed by atoms with Gasteiger partial charge in [-0.25, -0.2) is 4.79 Å². The normalized spacial score (nSPS) is 10.5. The smallest absolute Gasteiger partial charge is 0.352 e. The van der Waals surface area contributed by atoms with Crippen LogP contribution in [0.5, 0.6) is 0 Å². The Morgan fingerprint density at radius 2 is 2.06 bits per heavy atom. The molecule has 1 aromatic rings. The SMILES string of the molecule is CCC(CC)NC(=O)Cn1cccc1C(=O)O. The standard InChI is InChI=1S/C12H18N2O3/c1-3-9(4-2)13-11(15)8-14-7-5-6-10(14)12(16)17/h5-7,9H,3-4,8H2,1-2H3,(H,13,15)(H,16,17). The van der Waals surface area contributed by atoms with E-state index in [0.717, 1.165) is 12.8 Å². The Balaban J connectivity index is 2.62. The van der Waals surface area contributed by atoms with E-state index < -0.39 is 5.97 Å². The van der Waals surface area contributed by atoms with Crippen LogP contribution in [0.15, 0.2) is 18.3 Å². The highest BCUT2D eigenvalue weighted by Gasteiger charge is 2.13. The molecule has 0 spiro atoms. The van der Waals surface area contributed by atoms with Gasteiger partial charge in [0.05, 0.1) is 0 Å². The second kappa shape index (κ2) is 6.08. The minimum Gasteiger partial charge on any atom is -0.477 e. The van der Waals surface area contributed by atoms with Crippen molar-refractivity contribution in [1.29, 1.82) is 0 Å². The van der Waals surface area contributed by atoms with Crippen molar-refractivity contribution in [2.75, 3.05) is 0 Å². The number of carbonyl (C=O) groups excluding carboxylic acids is 1. The van der Waals surface area contributed by atoms with Crippen molar-refractivity contribution in [3.63, 3.8) is 0 Å². The first-order valence-electron chi connectivity index (χ1n) is 5.76. The van der Waals surface area contributed by atoms with Crippen LogP contribution in [-0.4, -0.2) is 27.6 Å². The van der Waals surface area contributed by atoms with Crippen LogP contribution in [0.3, 0.4) is 0 Å². The van der Waals surface area contributed by atoms with Crippen molar-refractivity contribution in [3.05, 3.63) is 24.0 Å². The molecular weight excluding hydrogens is 220 g/mol. The van der Waals surface area contributed by atoms with Crippen LogP contribution >= 0.6 is 0 Å². The summed E-state index contributed by atoms with van der Waals surface area (Å²) >= 11 is 0. The maximum absolute atomic E-state index is 11.7. The molecule has 2 N–H and O–H groups in total. The summed E-state index contributed by atoms with van der Waals surface area (Å²) in [5.74, 6) is -1.18. The van der Waals surface area contributed by atoms with Crippen LogP contribution in [-0.2, 0) is 11.3 Å². The summed E-state index contributed by atoms with van der Waals surface area (Å²) in [5, 5.41) is 11.8. The van der Waals surface area contributed by atoms with E-state index in [-0.39, 0.29) is 24.2 Å². The van der Waals surface area contributed by atoms with Gasteiger partial charge in [0, 0.05) is 12.2 Å². The largest absolute Gasteiger partial charge is 0.477 e. The van der Waals surface area contributed by atoms with Crippen LogP contribution in [0.25, 0.3) is 0 Å². The summed E-state index contributed by atoms with van der Waals surface area (Å²) in [6, 6.07) is 3.26. The predicted octanol–water partition coefficient (Wildman–Crippen LogP) is 1.49. The second-order valence-electron chi connectivity index (χ2n) is 3.91. The maximum atomic E-state index is 11.7. The first kappa shape index (κ1) is 13.3. The van der Waals surface area contributed by atoms with E-state index in [2.05, 4.69) is 5.32 Å². The van der Waals surface area contributed by atoms with Gasteiger partial charge >= 0.3 is 5.97 Å². The molecule has 0 saturated carbocycles. The molecule has 0 fully saturated rings. The highest BCUT2D eigenvalue weighted by atomic mass is 16.4. The predicted molar refractivity (Wildman–Crippen MR) is 63.9 cm³/mol. The first-order valence-corrected chi connectivity index (χ1v) is 5.76. The molecule has 1 rings (SSSR count). The quantitative estimate of drug-likeness (QED) is 0.788. The molecule has 0 unspecified atom stereocenters. The lowest BCUT2D eigenvalue weighted by Gasteiger charge is -2.15. The van der Waals surface area contributed by atoms with Crippen molar-refractivity contribution in [1.82, 2.24) is 9.88 Å². The fourth-order valence-corrected chi connectivity index (χ4v) is 1.67. The highest BCUT2D eigenvalue weighted by Crippen LogP contribution is 2.03. The van der Waals surface area contributed by atoms with E-state index >= 15 is 0 Å². The number of carboxylic acid groups (broad SMARTS) is 1. The number of hydrogen-bond donors (Lipinski definition) is 2. The van der Waals surface area contributed by atoms with Crippen molar-refractivity contribution in [2.45, 2.75) is 39.3 Å². The average molecular weight is 238 g/mol. The molecule has 94 valence electrons. The molecule has 0 aliphatic carbocycles. The summed E-state index contributed by atoms with van der Waals surface area (Å²) in [4.78, 5) is 22.5.